The largest absolute Gasteiger partial charge is 0.509 e. The van der Waals surface area contributed by atoms with E-state index in [0.717, 1.165) is 6.07 Å². The zero-order chi connectivity index (χ0) is 41.3. The van der Waals surface area contributed by atoms with Crippen molar-refractivity contribution < 1.29 is 46.8 Å². The lowest BCUT2D eigenvalue weighted by Gasteiger charge is -2.29. The number of nitriles is 1. The van der Waals surface area contributed by atoms with Gasteiger partial charge in [-0.15, -0.1) is 0 Å². The fourth-order valence-corrected chi connectivity index (χ4v) is 5.51. The van der Waals surface area contributed by atoms with Gasteiger partial charge in [-0.3, -0.25) is 0 Å². The fourth-order valence-electron chi connectivity index (χ4n) is 5.51. The highest BCUT2D eigenvalue weighted by atomic mass is 19.1. The zero-order valence-corrected chi connectivity index (χ0v) is 33.5. The molecule has 2 amide bonds. The smallest absolute Gasteiger partial charge is 0.443 e. The van der Waals surface area contributed by atoms with Gasteiger partial charge in [0.15, 0.2) is 5.82 Å². The number of hydrogen-bond donors (Lipinski definition) is 0. The van der Waals surface area contributed by atoms with E-state index in [1.807, 2.05) is 6.92 Å². The maximum atomic E-state index is 14.9. The number of aromatic nitrogens is 3. The summed E-state index contributed by atoms with van der Waals surface area (Å²) in [4.78, 5) is 51.1. The molecule has 0 saturated heterocycles. The number of carbonyl (C=O) groups excluding carboxylic acids is 3. The second-order valence-electron chi connectivity index (χ2n) is 16.6. The maximum Gasteiger partial charge on any atom is 0.509 e. The normalized spacial score (nSPS) is 12.4. The first-order chi connectivity index (χ1) is 25.3. The van der Waals surface area contributed by atoms with Crippen LogP contribution in [-0.4, -0.2) is 61.9 Å². The van der Waals surface area contributed by atoms with Gasteiger partial charge < -0.3 is 28.3 Å². The van der Waals surface area contributed by atoms with Crippen molar-refractivity contribution >= 4 is 46.1 Å². The van der Waals surface area contributed by atoms with Gasteiger partial charge in [0.2, 0.25) is 0 Å². The van der Waals surface area contributed by atoms with Gasteiger partial charge in [0.1, 0.15) is 58.1 Å². The Balaban J connectivity index is 2.06. The van der Waals surface area contributed by atoms with E-state index in [-0.39, 0.29) is 47.6 Å². The van der Waals surface area contributed by atoms with E-state index in [9.17, 15) is 28.4 Å². The first-order valence-corrected chi connectivity index (χ1v) is 17.8. The molecule has 4 aromatic rings. The number of hydrogen-bond acceptors (Lipinski definition) is 11. The van der Waals surface area contributed by atoms with Crippen LogP contribution < -0.4 is 4.90 Å². The maximum absolute atomic E-state index is 14.9. The van der Waals surface area contributed by atoms with Crippen LogP contribution in [0.4, 0.5) is 29.0 Å². The molecular weight excluding hydrogens is 716 g/mol. The summed E-state index contributed by atoms with van der Waals surface area (Å²) in [5, 5.41) is 9.86. The van der Waals surface area contributed by atoms with Gasteiger partial charge in [0.25, 0.3) is 0 Å². The predicted octanol–water partition coefficient (Wildman–Crippen LogP) is 9.27. The van der Waals surface area contributed by atoms with Crippen molar-refractivity contribution in [3.05, 3.63) is 64.5 Å². The molecule has 0 unspecified atom stereocenters. The molecule has 0 saturated carbocycles. The molecular formula is C40H49F2N5O8. The minimum Gasteiger partial charge on any atom is -0.443 e. The van der Waals surface area contributed by atoms with Crippen molar-refractivity contribution in [2.24, 2.45) is 0 Å². The quantitative estimate of drug-likeness (QED) is 0.118. The molecule has 0 spiro atoms. The highest BCUT2D eigenvalue weighted by Crippen LogP contribution is 2.36. The first kappa shape index (κ1) is 42.4. The van der Waals surface area contributed by atoms with Crippen LogP contribution >= 0.6 is 0 Å². The average Bonchev–Trinajstić information content (AvgIpc) is 3.35. The van der Waals surface area contributed by atoms with Crippen LogP contribution in [0.2, 0.25) is 0 Å². The van der Waals surface area contributed by atoms with Gasteiger partial charge in [0, 0.05) is 24.5 Å². The molecule has 0 aliphatic carbocycles. The summed E-state index contributed by atoms with van der Waals surface area (Å²) in [6, 6.07) is 8.58. The molecule has 0 bridgehead atoms. The molecule has 4 rings (SSSR count). The van der Waals surface area contributed by atoms with Crippen LogP contribution in [0.3, 0.4) is 0 Å². The molecule has 15 heteroatoms. The van der Waals surface area contributed by atoms with Crippen LogP contribution in [0.15, 0.2) is 30.3 Å². The number of imide groups is 1. The van der Waals surface area contributed by atoms with E-state index < -0.39 is 52.4 Å². The highest BCUT2D eigenvalue weighted by Gasteiger charge is 2.37. The fraction of sp³-hybridized carbons (Fsp3) is 0.500. The number of nitrogens with zero attached hydrogens (tertiary/aromatic N) is 5. The standard InChI is InChI=1S/C40H49F2N5O8/c1-13-51-21-30-45-31-32(46(30)22-40(11,12)55-36(50)54-39(8,9)10)26-15-14-23(16-24-18-25(20-43)28(42)19-27(24)41)17-29(26)44-33(31)47(34(48)52-37(2,3)4)35(49)53-38(5,6)7/h14-15,17-19H,13,16,21-22H2,1-12H3. The molecule has 0 fully saturated rings. The molecule has 55 heavy (non-hydrogen) atoms. The molecule has 0 atom stereocenters. The number of benzene rings is 2. The van der Waals surface area contributed by atoms with Gasteiger partial charge in [-0.2, -0.15) is 10.2 Å². The lowest BCUT2D eigenvalue weighted by molar-refractivity contribution is -0.0584. The van der Waals surface area contributed by atoms with E-state index in [2.05, 4.69) is 0 Å². The summed E-state index contributed by atoms with van der Waals surface area (Å²) < 4.78 is 59.2. The highest BCUT2D eigenvalue weighted by molar-refractivity contribution is 6.17. The Labute approximate surface area is 319 Å². The Bertz CT molecular complexity index is 2130. The molecule has 13 nitrogen and oxygen atoms in total. The Morgan fingerprint density at radius 2 is 1.42 bits per heavy atom. The second-order valence-corrected chi connectivity index (χ2v) is 16.6. The SMILES string of the molecule is CCOCc1nc2c(N(C(=O)OC(C)(C)C)C(=O)OC(C)(C)C)nc3cc(Cc4cc(C#N)c(F)cc4F)ccc3c2n1CC(C)(C)OC(=O)OC(C)(C)C. The zero-order valence-electron chi connectivity index (χ0n) is 33.5. The second kappa shape index (κ2) is 15.8. The first-order valence-electron chi connectivity index (χ1n) is 17.8. The lowest BCUT2D eigenvalue weighted by atomic mass is 10.0. The summed E-state index contributed by atoms with van der Waals surface area (Å²) >= 11 is 0. The Hall–Kier alpha value is -5.36. The van der Waals surface area contributed by atoms with E-state index in [1.54, 1.807) is 105 Å². The van der Waals surface area contributed by atoms with Crippen molar-refractivity contribution in [2.45, 2.75) is 125 Å². The third-order valence-corrected chi connectivity index (χ3v) is 7.54. The van der Waals surface area contributed by atoms with Crippen LogP contribution in [0.25, 0.3) is 21.9 Å². The summed E-state index contributed by atoms with van der Waals surface area (Å²) in [5.41, 5.74) is -3.11. The molecule has 0 radical (unpaired) electrons. The van der Waals surface area contributed by atoms with Gasteiger partial charge in [0.05, 0.1) is 23.1 Å². The number of ether oxygens (including phenoxy) is 5. The summed E-state index contributed by atoms with van der Waals surface area (Å²) in [7, 11) is 0. The molecule has 0 N–H and O–H groups in total. The number of rotatable bonds is 9. The molecule has 2 aromatic heterocycles. The van der Waals surface area contributed by atoms with E-state index in [1.165, 1.54) is 0 Å². The summed E-state index contributed by atoms with van der Waals surface area (Å²) in [6.07, 6.45) is -3.12. The van der Waals surface area contributed by atoms with E-state index in [0.29, 0.717) is 39.9 Å². The van der Waals surface area contributed by atoms with Gasteiger partial charge >= 0.3 is 18.3 Å². The summed E-state index contributed by atoms with van der Waals surface area (Å²) in [5.74, 6) is -1.70. The number of anilines is 1. The Morgan fingerprint density at radius 1 is 0.818 bits per heavy atom. The minimum atomic E-state index is -1.21. The topological polar surface area (TPSA) is 155 Å². The number of carbonyl (C=O) groups is 3. The van der Waals surface area contributed by atoms with Crippen molar-refractivity contribution in [1.29, 1.82) is 5.26 Å². The van der Waals surface area contributed by atoms with Crippen molar-refractivity contribution in [2.75, 3.05) is 11.5 Å². The van der Waals surface area contributed by atoms with Crippen molar-refractivity contribution in [3.63, 3.8) is 0 Å². The molecule has 2 aromatic carbocycles. The van der Waals surface area contributed by atoms with Gasteiger partial charge in [-0.25, -0.2) is 33.1 Å². The van der Waals surface area contributed by atoms with Crippen molar-refractivity contribution in [3.8, 4) is 6.07 Å². The minimum absolute atomic E-state index is 0.00204. The van der Waals surface area contributed by atoms with Crippen LogP contribution in [0, 0.1) is 23.0 Å². The van der Waals surface area contributed by atoms with E-state index in [4.69, 9.17) is 33.7 Å². The van der Waals surface area contributed by atoms with Crippen molar-refractivity contribution in [1.82, 2.24) is 14.5 Å². The average molecular weight is 766 g/mol. The monoisotopic (exact) mass is 765 g/mol. The lowest BCUT2D eigenvalue weighted by Crippen LogP contribution is -2.44. The summed E-state index contributed by atoms with van der Waals surface area (Å²) in [6.45, 7) is 20.5. The number of halogens is 2. The van der Waals surface area contributed by atoms with Gasteiger partial charge in [-0.05, 0) is 106 Å². The number of amides is 2. The van der Waals surface area contributed by atoms with Gasteiger partial charge in [-0.1, -0.05) is 12.1 Å². The number of imidazole rings is 1. The Kier molecular flexibility index (Phi) is 12.2. The van der Waals surface area contributed by atoms with Crippen LogP contribution in [0.5, 0.6) is 0 Å². The van der Waals surface area contributed by atoms with E-state index >= 15 is 0 Å². The molecule has 2 heterocycles. The molecule has 0 aliphatic rings. The number of pyridine rings is 1. The third kappa shape index (κ3) is 10.9. The predicted molar refractivity (Wildman–Crippen MR) is 201 cm³/mol. The molecule has 296 valence electrons. The number of fused-ring (bicyclic) bond motifs is 3. The van der Waals surface area contributed by atoms with Crippen LogP contribution in [-0.2, 0) is 43.3 Å². The molecule has 0 aliphatic heterocycles. The Morgan fingerprint density at radius 3 is 1.96 bits per heavy atom. The third-order valence-electron chi connectivity index (χ3n) is 7.54. The van der Waals surface area contributed by atoms with Crippen LogP contribution in [0.1, 0.15) is 106 Å².